The molecule has 0 aromatic carbocycles. The van der Waals surface area contributed by atoms with Crippen molar-refractivity contribution in [2.75, 3.05) is 0 Å². The molecule has 0 aromatic rings. The molecule has 2 nitrogen and oxygen atoms in total. The molecule has 0 atom stereocenters. The maximum atomic E-state index is 0. The molecule has 2 radical (unpaired) electrons. The van der Waals surface area contributed by atoms with Crippen LogP contribution in [0.3, 0.4) is 0 Å². The van der Waals surface area contributed by atoms with Crippen molar-refractivity contribution < 1.29 is 66.9 Å². The van der Waals surface area contributed by atoms with E-state index in [2.05, 4.69) is 0 Å². The zero-order valence-electron chi connectivity index (χ0n) is 3.83. The summed E-state index contributed by atoms with van der Waals surface area (Å²) in [7, 11) is 0. The summed E-state index contributed by atoms with van der Waals surface area (Å²) in [6.45, 7) is 0. The Balaban J connectivity index is 0. The molecule has 0 aliphatic carbocycles. The Hall–Kier alpha value is 1.62. The Bertz CT molecular complexity index is 13.5. The number of hydrogen-bond donors (Lipinski definition) is 0. The molecule has 0 aliphatic rings. The van der Waals surface area contributed by atoms with Gasteiger partial charge in [0.25, 0.3) is 0 Å². The van der Waals surface area contributed by atoms with E-state index in [1.54, 1.807) is 0 Å². The largest absolute Gasteiger partial charge is 1.00 e. The topological polar surface area (TPSA) is 63.0 Å². The van der Waals surface area contributed by atoms with E-state index in [4.69, 9.17) is 0 Å². The minimum atomic E-state index is 0. The van der Waals surface area contributed by atoms with E-state index in [1.165, 1.54) is 0 Å². The average molecular weight is 150 g/mol. The van der Waals surface area contributed by atoms with Gasteiger partial charge in [-0.1, -0.05) is 0 Å². The van der Waals surface area contributed by atoms with E-state index in [1.807, 2.05) is 0 Å². The van der Waals surface area contributed by atoms with Gasteiger partial charge in [0.15, 0.2) is 0 Å². The third-order valence-electron chi connectivity index (χ3n) is 0. The molecule has 0 aliphatic heterocycles. The van der Waals surface area contributed by atoms with Crippen LogP contribution in [0.5, 0.6) is 0 Å². The molecule has 0 saturated carbocycles. The fourth-order valence-corrected chi connectivity index (χ4v) is 0. The third kappa shape index (κ3) is 28.0. The summed E-state index contributed by atoms with van der Waals surface area (Å²) in [5.74, 6) is 0. The normalized spacial score (nSPS) is 0. The van der Waals surface area contributed by atoms with Crippen LogP contribution in [0.1, 0.15) is 1.43 Å². The van der Waals surface area contributed by atoms with E-state index in [-0.39, 0.29) is 66.9 Å². The van der Waals surface area contributed by atoms with Crippen LogP contribution in [-0.4, -0.2) is 11.0 Å². The molecule has 4 N–H and O–H groups in total. The maximum absolute atomic E-state index is 0. The number of hydrogen-bond acceptors (Lipinski definition) is 0. The summed E-state index contributed by atoms with van der Waals surface area (Å²) in [4.78, 5) is 0. The molecule has 0 spiro atoms. The first-order valence-corrected chi connectivity index (χ1v) is 0. The molecule has 0 amide bonds. The van der Waals surface area contributed by atoms with Crippen LogP contribution in [0.4, 0.5) is 0 Å². The minimum Gasteiger partial charge on any atom is -1.00 e. The molecule has 5 heavy (non-hydrogen) atoms. The van der Waals surface area contributed by atoms with E-state index in [0.717, 1.165) is 0 Å². The van der Waals surface area contributed by atoms with Gasteiger partial charge in [0.1, 0.15) is 0 Å². The van der Waals surface area contributed by atoms with E-state index in [9.17, 15) is 0 Å². The first-order valence-electron chi connectivity index (χ1n) is 0. The van der Waals surface area contributed by atoms with Gasteiger partial charge in [0, 0.05) is 35.6 Å². The maximum Gasteiger partial charge on any atom is 1.00 e. The second-order valence-corrected chi connectivity index (χ2v) is 0. The molecule has 0 rings (SSSR count). The Labute approximate surface area is 66.7 Å². The molecular formula is H5LiMnO2V. The van der Waals surface area contributed by atoms with Crippen LogP contribution in [0.2, 0.25) is 0 Å². The minimum absolute atomic E-state index is 0. The second kappa shape index (κ2) is 45.7. The molecule has 0 heterocycles. The van der Waals surface area contributed by atoms with Crippen molar-refractivity contribution in [2.45, 2.75) is 0 Å². The van der Waals surface area contributed by atoms with Crippen molar-refractivity contribution in [3.8, 4) is 0 Å². The van der Waals surface area contributed by atoms with Crippen molar-refractivity contribution in [1.82, 2.24) is 0 Å². The van der Waals surface area contributed by atoms with Gasteiger partial charge >= 0.3 is 18.9 Å². The van der Waals surface area contributed by atoms with Gasteiger partial charge in [-0.15, -0.1) is 0 Å². The van der Waals surface area contributed by atoms with Gasteiger partial charge in [-0.2, -0.15) is 0 Å². The van der Waals surface area contributed by atoms with Crippen LogP contribution < -0.4 is 18.9 Å². The van der Waals surface area contributed by atoms with Crippen LogP contribution in [0.25, 0.3) is 0 Å². The summed E-state index contributed by atoms with van der Waals surface area (Å²) in [6, 6.07) is 0. The summed E-state index contributed by atoms with van der Waals surface area (Å²) in [5.41, 5.74) is 0. The van der Waals surface area contributed by atoms with E-state index >= 15 is 0 Å². The predicted molar refractivity (Wildman–Crippen MR) is 8.34 cm³/mol. The summed E-state index contributed by atoms with van der Waals surface area (Å²) < 4.78 is 0. The van der Waals surface area contributed by atoms with Crippen molar-refractivity contribution in [1.29, 1.82) is 0 Å². The smallest absolute Gasteiger partial charge is 1.00 e. The standard InChI is InChI=1S/Li.Mn.2H2O.V.H/h;;2*1H2;;/q+1;;;;;-1. The first kappa shape index (κ1) is 79.6. The Morgan fingerprint density at radius 2 is 1.00 bits per heavy atom. The van der Waals surface area contributed by atoms with Gasteiger partial charge in [0.05, 0.1) is 0 Å². The van der Waals surface area contributed by atoms with Gasteiger partial charge in [-0.05, 0) is 0 Å². The van der Waals surface area contributed by atoms with Crippen molar-refractivity contribution >= 4 is 0 Å². The van der Waals surface area contributed by atoms with Gasteiger partial charge < -0.3 is 12.4 Å². The van der Waals surface area contributed by atoms with Crippen molar-refractivity contribution in [2.24, 2.45) is 0 Å². The van der Waals surface area contributed by atoms with Crippen molar-refractivity contribution in [3.63, 3.8) is 0 Å². The van der Waals surface area contributed by atoms with Crippen molar-refractivity contribution in [3.05, 3.63) is 0 Å². The first-order chi connectivity index (χ1) is 0. The van der Waals surface area contributed by atoms with Gasteiger partial charge in [0.2, 0.25) is 0 Å². The Morgan fingerprint density at radius 1 is 1.00 bits per heavy atom. The molecule has 5 heteroatoms. The third-order valence-corrected chi connectivity index (χ3v) is 0. The van der Waals surface area contributed by atoms with Gasteiger partial charge in [-0.3, -0.25) is 0 Å². The fraction of sp³-hybridized carbons (Fsp3) is 0. The molecule has 0 bridgehead atoms. The van der Waals surface area contributed by atoms with Crippen LogP contribution >= 0.6 is 0 Å². The monoisotopic (exact) mass is 150 g/mol. The zero-order chi connectivity index (χ0) is 0. The fourth-order valence-electron chi connectivity index (χ4n) is 0. The van der Waals surface area contributed by atoms with Crippen LogP contribution in [0, 0.1) is 0 Å². The molecule has 0 saturated heterocycles. The van der Waals surface area contributed by atoms with E-state index in [0.29, 0.717) is 0 Å². The van der Waals surface area contributed by atoms with E-state index < -0.39 is 0 Å². The average Bonchev–Trinajstić information content (AvgIpc) is 0. The quantitative estimate of drug-likeness (QED) is 0.312. The van der Waals surface area contributed by atoms with Gasteiger partial charge in [-0.25, -0.2) is 0 Å². The predicted octanol–water partition coefficient (Wildman–Crippen LogP) is -4.54. The summed E-state index contributed by atoms with van der Waals surface area (Å²) in [6.07, 6.45) is 0. The number of rotatable bonds is 0. The molecule has 0 fully saturated rings. The Morgan fingerprint density at radius 3 is 1.00 bits per heavy atom. The molecule has 30 valence electrons. The second-order valence-electron chi connectivity index (χ2n) is 0. The Kier molecular flexibility index (Phi) is 727. The molecule has 0 aromatic heterocycles. The van der Waals surface area contributed by atoms with Crippen LogP contribution in [-0.2, 0) is 35.6 Å². The SMILES string of the molecule is O.O.[H-].[Li+].[Mn].[V]. The zero-order valence-corrected chi connectivity index (χ0v) is 5.40. The summed E-state index contributed by atoms with van der Waals surface area (Å²) in [5, 5.41) is 0. The molecular weight excluding hydrogens is 145 g/mol. The molecule has 0 unspecified atom stereocenters. The summed E-state index contributed by atoms with van der Waals surface area (Å²) >= 11 is 0. The van der Waals surface area contributed by atoms with Crippen LogP contribution in [0.15, 0.2) is 0 Å².